The van der Waals surface area contributed by atoms with E-state index >= 15 is 0 Å². The summed E-state index contributed by atoms with van der Waals surface area (Å²) in [6.45, 7) is 2.39. The second kappa shape index (κ2) is 12.3. The molecule has 10 nitrogen and oxygen atoms in total. The molecule has 176 valence electrons. The quantitative estimate of drug-likeness (QED) is 0.202. The molecule has 33 heavy (non-hydrogen) atoms. The summed E-state index contributed by atoms with van der Waals surface area (Å²) in [6, 6.07) is 15.5. The molecule has 0 saturated heterocycles. The van der Waals surface area contributed by atoms with E-state index in [1.54, 1.807) is 11.3 Å². The molecule has 0 aliphatic heterocycles. The predicted octanol–water partition coefficient (Wildman–Crippen LogP) is 2.04. The molecule has 2 unspecified atom stereocenters. The highest BCUT2D eigenvalue weighted by Gasteiger charge is 2.07. The summed E-state index contributed by atoms with van der Waals surface area (Å²) in [4.78, 5) is 20.0. The minimum Gasteiger partial charge on any atom is -0.479 e. The second-order valence-corrected chi connectivity index (χ2v) is 7.88. The van der Waals surface area contributed by atoms with Crippen LogP contribution in [0.15, 0.2) is 48.5 Å². The molecule has 3 rings (SSSR count). The topological polar surface area (TPSA) is 215 Å². The van der Waals surface area contributed by atoms with Crippen molar-refractivity contribution < 1.29 is 30.0 Å². The van der Waals surface area contributed by atoms with Gasteiger partial charge in [0.1, 0.15) is 23.9 Å². The van der Waals surface area contributed by atoms with Crippen LogP contribution in [0, 0.1) is 10.8 Å². The average Bonchev–Trinajstić information content (AvgIpc) is 3.18. The third kappa shape index (κ3) is 8.69. The zero-order valence-electron chi connectivity index (χ0n) is 17.9. The van der Waals surface area contributed by atoms with Crippen molar-refractivity contribution in [2.75, 3.05) is 0 Å². The van der Waals surface area contributed by atoms with E-state index in [9.17, 15) is 9.59 Å². The van der Waals surface area contributed by atoms with Crippen molar-refractivity contribution in [1.29, 1.82) is 10.8 Å². The average molecular weight is 475 g/mol. The summed E-state index contributed by atoms with van der Waals surface area (Å²) < 4.78 is 1.10. The van der Waals surface area contributed by atoms with Gasteiger partial charge in [-0.05, 0) is 36.9 Å². The van der Waals surface area contributed by atoms with E-state index in [0.29, 0.717) is 0 Å². The van der Waals surface area contributed by atoms with Crippen molar-refractivity contribution in [1.82, 2.24) is 0 Å². The van der Waals surface area contributed by atoms with Crippen molar-refractivity contribution in [3.8, 4) is 10.4 Å². The molecular formula is C22H26N4O6S. The minimum atomic E-state index is -1.23. The van der Waals surface area contributed by atoms with Gasteiger partial charge in [0.15, 0.2) is 0 Å². The van der Waals surface area contributed by atoms with Gasteiger partial charge >= 0.3 is 11.9 Å². The van der Waals surface area contributed by atoms with E-state index in [-0.39, 0.29) is 11.7 Å². The number of aliphatic hydroxyl groups is 2. The van der Waals surface area contributed by atoms with Gasteiger partial charge in [-0.1, -0.05) is 36.4 Å². The van der Waals surface area contributed by atoms with E-state index in [2.05, 4.69) is 6.07 Å². The number of carboxylic acids is 2. The molecule has 0 aliphatic carbocycles. The molecular weight excluding hydrogens is 448 g/mol. The lowest BCUT2D eigenvalue weighted by Crippen LogP contribution is -2.13. The third-order valence-electron chi connectivity index (χ3n) is 4.03. The fourth-order valence-corrected chi connectivity index (χ4v) is 3.26. The number of nitrogen functional groups attached to an aromatic ring is 2. The number of nitrogens with one attached hydrogen (secondary N) is 2. The highest BCUT2D eigenvalue weighted by Crippen LogP contribution is 2.34. The first-order valence-electron chi connectivity index (χ1n) is 9.48. The van der Waals surface area contributed by atoms with Crippen molar-refractivity contribution in [2.24, 2.45) is 11.5 Å². The lowest BCUT2D eigenvalue weighted by Gasteiger charge is -2.00. The van der Waals surface area contributed by atoms with Gasteiger partial charge in [0, 0.05) is 20.7 Å². The van der Waals surface area contributed by atoms with Gasteiger partial charge in [-0.15, -0.1) is 11.3 Å². The van der Waals surface area contributed by atoms with E-state index in [1.807, 2.05) is 42.5 Å². The molecule has 1 heterocycles. The normalized spacial score (nSPS) is 11.8. The molecule has 0 spiro atoms. The van der Waals surface area contributed by atoms with Crippen LogP contribution >= 0.6 is 11.3 Å². The number of aliphatic carboxylic acids is 2. The maximum absolute atomic E-state index is 9.45. The Labute approximate surface area is 193 Å². The van der Waals surface area contributed by atoms with Gasteiger partial charge in [-0.25, -0.2) is 9.59 Å². The number of carbonyl (C=O) groups is 2. The van der Waals surface area contributed by atoms with Crippen LogP contribution in [0.2, 0.25) is 0 Å². The fraction of sp³-hybridized carbons (Fsp3) is 0.182. The molecule has 0 saturated carbocycles. The first-order valence-corrected chi connectivity index (χ1v) is 10.3. The number of hydrogen-bond acceptors (Lipinski definition) is 7. The van der Waals surface area contributed by atoms with Crippen LogP contribution in [0.4, 0.5) is 0 Å². The predicted molar refractivity (Wildman–Crippen MR) is 128 cm³/mol. The van der Waals surface area contributed by atoms with Crippen LogP contribution in [0.3, 0.4) is 0 Å². The summed E-state index contributed by atoms with van der Waals surface area (Å²) >= 11 is 1.66. The van der Waals surface area contributed by atoms with Crippen LogP contribution in [-0.2, 0) is 9.59 Å². The van der Waals surface area contributed by atoms with Crippen molar-refractivity contribution in [2.45, 2.75) is 26.1 Å². The number of thiophene rings is 1. The summed E-state index contributed by atoms with van der Waals surface area (Å²) in [5.41, 5.74) is 13.5. The smallest absolute Gasteiger partial charge is 0.332 e. The van der Waals surface area contributed by atoms with Crippen molar-refractivity contribution >= 4 is 45.0 Å². The number of benzene rings is 2. The number of nitrogens with two attached hydrogens (primary N) is 2. The van der Waals surface area contributed by atoms with E-state index in [0.717, 1.165) is 31.7 Å². The lowest BCUT2D eigenvalue weighted by molar-refractivity contribution is -0.146. The molecule has 2 aromatic carbocycles. The Kier molecular flexibility index (Phi) is 10.1. The van der Waals surface area contributed by atoms with Crippen molar-refractivity contribution in [3.63, 3.8) is 0 Å². The number of hydrogen-bond donors (Lipinski definition) is 8. The summed E-state index contributed by atoms with van der Waals surface area (Å²) in [7, 11) is 0. The van der Waals surface area contributed by atoms with Crippen LogP contribution in [-0.4, -0.2) is 56.2 Å². The molecule has 3 aromatic rings. The monoisotopic (exact) mass is 474 g/mol. The molecule has 1 aromatic heterocycles. The number of carboxylic acid groups (broad SMARTS) is 2. The van der Waals surface area contributed by atoms with Gasteiger partial charge < -0.3 is 31.9 Å². The number of rotatable bonds is 5. The molecule has 0 bridgehead atoms. The van der Waals surface area contributed by atoms with Gasteiger partial charge in [-0.2, -0.15) is 0 Å². The maximum atomic E-state index is 9.45. The standard InChI is InChI=1S/C16H14N4S.2C3H6O3/c17-15(18)10-3-1-9(2-4-10)13-7-11-5-6-12(16(19)20)8-14(11)21-13;2*1-2(4)3(5)6/h1-8H,(H3,17,18)(H3,19,20);2*2,4H,1H3,(H,5,6). The molecule has 2 atom stereocenters. The number of fused-ring (bicyclic) bond motifs is 1. The summed E-state index contributed by atoms with van der Waals surface area (Å²) in [5.74, 6) is -2.22. The number of amidine groups is 2. The zero-order chi connectivity index (χ0) is 25.3. The molecule has 0 amide bonds. The Morgan fingerprint density at radius 2 is 1.24 bits per heavy atom. The zero-order valence-corrected chi connectivity index (χ0v) is 18.8. The third-order valence-corrected chi connectivity index (χ3v) is 5.17. The van der Waals surface area contributed by atoms with E-state index < -0.39 is 24.1 Å². The van der Waals surface area contributed by atoms with Gasteiger partial charge in [0.05, 0.1) is 0 Å². The fourth-order valence-electron chi connectivity index (χ4n) is 2.16. The highest BCUT2D eigenvalue weighted by molar-refractivity contribution is 7.22. The Bertz CT molecular complexity index is 1120. The highest BCUT2D eigenvalue weighted by atomic mass is 32.1. The molecule has 11 heteroatoms. The van der Waals surface area contributed by atoms with Gasteiger partial charge in [0.2, 0.25) is 0 Å². The summed E-state index contributed by atoms with van der Waals surface area (Å²) in [5, 5.41) is 47.6. The van der Waals surface area contributed by atoms with Crippen LogP contribution < -0.4 is 11.5 Å². The van der Waals surface area contributed by atoms with Crippen LogP contribution in [0.5, 0.6) is 0 Å². The van der Waals surface area contributed by atoms with E-state index in [4.69, 9.17) is 42.7 Å². The lowest BCUT2D eigenvalue weighted by atomic mass is 10.1. The first kappa shape index (κ1) is 27.2. The van der Waals surface area contributed by atoms with Crippen molar-refractivity contribution in [3.05, 3.63) is 59.7 Å². The first-order chi connectivity index (χ1) is 15.3. The Hall–Kier alpha value is -3.80. The maximum Gasteiger partial charge on any atom is 0.332 e. The van der Waals surface area contributed by atoms with E-state index in [1.165, 1.54) is 13.8 Å². The largest absolute Gasteiger partial charge is 0.479 e. The molecule has 0 radical (unpaired) electrons. The van der Waals surface area contributed by atoms with Gasteiger partial charge in [0.25, 0.3) is 0 Å². The minimum absolute atomic E-state index is 0.0731. The molecule has 0 aliphatic rings. The number of aliphatic hydroxyl groups excluding tert-OH is 2. The Morgan fingerprint density at radius 1 is 0.818 bits per heavy atom. The molecule has 10 N–H and O–H groups in total. The van der Waals surface area contributed by atoms with Crippen LogP contribution in [0.25, 0.3) is 20.5 Å². The second-order valence-electron chi connectivity index (χ2n) is 6.80. The molecule has 0 fully saturated rings. The summed E-state index contributed by atoms with van der Waals surface area (Å²) in [6.07, 6.45) is -2.46. The van der Waals surface area contributed by atoms with Gasteiger partial charge in [-0.3, -0.25) is 10.8 Å². The Balaban J connectivity index is 0.000000377. The van der Waals surface area contributed by atoms with Crippen LogP contribution in [0.1, 0.15) is 25.0 Å². The SMILES string of the molecule is CC(O)C(=O)O.CC(O)C(=O)O.N=C(N)c1ccc(-c2cc3ccc(C(=N)N)cc3s2)cc1. The Morgan fingerprint density at radius 3 is 1.64 bits per heavy atom.